The minimum atomic E-state index is -0.209. The summed E-state index contributed by atoms with van der Waals surface area (Å²) in [5.41, 5.74) is 3.12. The monoisotopic (exact) mass is 354 g/mol. The van der Waals surface area contributed by atoms with Crippen LogP contribution in [0.25, 0.3) is 11.0 Å². The van der Waals surface area contributed by atoms with Gasteiger partial charge in [-0.1, -0.05) is 38.1 Å². The van der Waals surface area contributed by atoms with Crippen molar-refractivity contribution in [1.29, 1.82) is 0 Å². The van der Waals surface area contributed by atoms with Gasteiger partial charge in [-0.25, -0.2) is 9.37 Å². The number of imidazole rings is 1. The van der Waals surface area contributed by atoms with Gasteiger partial charge in [-0.2, -0.15) is 0 Å². The Kier molecular flexibility index (Phi) is 6.23. The first-order chi connectivity index (χ1) is 12.7. The first-order valence-electron chi connectivity index (χ1n) is 9.37. The fourth-order valence-corrected chi connectivity index (χ4v) is 3.19. The van der Waals surface area contributed by atoms with Gasteiger partial charge in [0.25, 0.3) is 0 Å². The van der Waals surface area contributed by atoms with Crippen molar-refractivity contribution in [2.45, 2.75) is 26.8 Å². The summed E-state index contributed by atoms with van der Waals surface area (Å²) in [6.07, 6.45) is 1.07. The molecule has 4 nitrogen and oxygen atoms in total. The lowest BCUT2D eigenvalue weighted by atomic mass is 10.2. The number of anilines is 1. The maximum Gasteiger partial charge on any atom is 0.204 e. The average molecular weight is 354 g/mol. The van der Waals surface area contributed by atoms with Crippen LogP contribution in [0.1, 0.15) is 25.8 Å². The Hall–Kier alpha value is -2.40. The van der Waals surface area contributed by atoms with Crippen LogP contribution < -0.4 is 5.32 Å². The van der Waals surface area contributed by atoms with E-state index in [1.54, 1.807) is 0 Å². The van der Waals surface area contributed by atoms with E-state index in [2.05, 4.69) is 34.7 Å². The molecule has 0 aliphatic heterocycles. The molecule has 0 saturated heterocycles. The van der Waals surface area contributed by atoms with Gasteiger partial charge in [0.2, 0.25) is 5.95 Å². The van der Waals surface area contributed by atoms with E-state index in [0.717, 1.165) is 55.1 Å². The minimum absolute atomic E-state index is 0.209. The third-order valence-corrected chi connectivity index (χ3v) is 4.74. The summed E-state index contributed by atoms with van der Waals surface area (Å²) in [5, 5.41) is 3.49. The van der Waals surface area contributed by atoms with E-state index in [4.69, 9.17) is 4.98 Å². The smallest absolute Gasteiger partial charge is 0.204 e. The average Bonchev–Trinajstić information content (AvgIpc) is 3.01. The van der Waals surface area contributed by atoms with E-state index in [1.807, 2.05) is 30.3 Å². The van der Waals surface area contributed by atoms with E-state index in [-0.39, 0.29) is 5.82 Å². The van der Waals surface area contributed by atoms with Crippen molar-refractivity contribution in [3.05, 3.63) is 59.9 Å². The number of para-hydroxylation sites is 2. The Morgan fingerprint density at radius 3 is 2.50 bits per heavy atom. The Morgan fingerprint density at radius 1 is 1.04 bits per heavy atom. The number of nitrogens with one attached hydrogen (secondary N) is 1. The summed E-state index contributed by atoms with van der Waals surface area (Å²) in [6.45, 7) is 9.18. The predicted octanol–water partition coefficient (Wildman–Crippen LogP) is 4.37. The van der Waals surface area contributed by atoms with Gasteiger partial charge in [-0.05, 0) is 55.9 Å². The van der Waals surface area contributed by atoms with E-state index in [9.17, 15) is 4.39 Å². The number of hydrogen-bond donors (Lipinski definition) is 1. The van der Waals surface area contributed by atoms with Gasteiger partial charge in [0.15, 0.2) is 0 Å². The maximum atomic E-state index is 13.2. The van der Waals surface area contributed by atoms with Crippen LogP contribution in [0.2, 0.25) is 0 Å². The number of rotatable bonds is 9. The highest BCUT2D eigenvalue weighted by molar-refractivity contribution is 5.78. The Bertz CT molecular complexity index is 822. The number of fused-ring (bicyclic) bond motifs is 1. The number of hydrogen-bond acceptors (Lipinski definition) is 3. The molecular formula is C21H27FN4. The van der Waals surface area contributed by atoms with Crippen LogP contribution in [-0.4, -0.2) is 40.6 Å². The number of benzene rings is 2. The second-order valence-electron chi connectivity index (χ2n) is 6.44. The van der Waals surface area contributed by atoms with Crippen LogP contribution in [0.5, 0.6) is 0 Å². The van der Waals surface area contributed by atoms with Gasteiger partial charge in [0.05, 0.1) is 17.6 Å². The topological polar surface area (TPSA) is 33.1 Å². The molecule has 0 bridgehead atoms. The molecule has 1 N–H and O–H groups in total. The second kappa shape index (κ2) is 8.81. The molecule has 1 aromatic heterocycles. The number of nitrogens with zero attached hydrogens (tertiary/aromatic N) is 3. The van der Waals surface area contributed by atoms with Crippen LogP contribution in [0.3, 0.4) is 0 Å². The largest absolute Gasteiger partial charge is 0.356 e. The lowest BCUT2D eigenvalue weighted by molar-refractivity contribution is 0.303. The second-order valence-corrected chi connectivity index (χ2v) is 6.44. The molecule has 3 rings (SSSR count). The summed E-state index contributed by atoms with van der Waals surface area (Å²) >= 11 is 0. The van der Waals surface area contributed by atoms with Gasteiger partial charge in [0.1, 0.15) is 5.82 Å². The molecule has 26 heavy (non-hydrogen) atoms. The molecule has 0 atom stereocenters. The Labute approximate surface area is 154 Å². The normalized spacial score (nSPS) is 11.4. The first kappa shape index (κ1) is 18.4. The summed E-state index contributed by atoms with van der Waals surface area (Å²) in [5.74, 6) is 0.661. The zero-order valence-corrected chi connectivity index (χ0v) is 15.6. The van der Waals surface area contributed by atoms with Crippen LogP contribution in [0.15, 0.2) is 48.5 Å². The molecule has 138 valence electrons. The van der Waals surface area contributed by atoms with Crippen molar-refractivity contribution in [3.63, 3.8) is 0 Å². The summed E-state index contributed by atoms with van der Waals surface area (Å²) in [6, 6.07) is 14.8. The standard InChI is InChI=1S/C21H27FN4/c1-3-25(4-2)15-7-14-23-21-24-19-8-5-6-9-20(19)26(21)16-17-10-12-18(22)13-11-17/h5-6,8-13H,3-4,7,14-16H2,1-2H3,(H,23,24). The fraction of sp³-hybridized carbons (Fsp3) is 0.381. The highest BCUT2D eigenvalue weighted by atomic mass is 19.1. The van der Waals surface area contributed by atoms with Crippen molar-refractivity contribution in [3.8, 4) is 0 Å². The van der Waals surface area contributed by atoms with Crippen LogP contribution in [-0.2, 0) is 6.54 Å². The Morgan fingerprint density at radius 2 is 1.77 bits per heavy atom. The van der Waals surface area contributed by atoms with Crippen molar-refractivity contribution < 1.29 is 4.39 Å². The Balaban J connectivity index is 1.75. The molecule has 5 heteroatoms. The van der Waals surface area contributed by atoms with E-state index < -0.39 is 0 Å². The zero-order chi connectivity index (χ0) is 18.4. The van der Waals surface area contributed by atoms with E-state index in [0.29, 0.717) is 6.54 Å². The van der Waals surface area contributed by atoms with Gasteiger partial charge in [0, 0.05) is 6.54 Å². The number of aromatic nitrogens is 2. The maximum absolute atomic E-state index is 13.2. The molecule has 3 aromatic rings. The molecule has 0 saturated carbocycles. The SMILES string of the molecule is CCN(CC)CCCNc1nc2ccccc2n1Cc1ccc(F)cc1. The van der Waals surface area contributed by atoms with Crippen molar-refractivity contribution in [1.82, 2.24) is 14.5 Å². The van der Waals surface area contributed by atoms with Gasteiger partial charge in [-0.15, -0.1) is 0 Å². The molecular weight excluding hydrogens is 327 g/mol. The summed E-state index contributed by atoms with van der Waals surface area (Å²) < 4.78 is 15.4. The molecule has 0 spiro atoms. The molecule has 0 unspecified atom stereocenters. The molecule has 0 amide bonds. The third kappa shape index (κ3) is 4.41. The highest BCUT2D eigenvalue weighted by Crippen LogP contribution is 2.21. The third-order valence-electron chi connectivity index (χ3n) is 4.74. The molecule has 0 aliphatic carbocycles. The van der Waals surface area contributed by atoms with Gasteiger partial charge < -0.3 is 14.8 Å². The first-order valence-corrected chi connectivity index (χ1v) is 9.37. The van der Waals surface area contributed by atoms with Crippen LogP contribution in [0.4, 0.5) is 10.3 Å². The highest BCUT2D eigenvalue weighted by Gasteiger charge is 2.11. The quantitative estimate of drug-likeness (QED) is 0.579. The molecule has 0 radical (unpaired) electrons. The minimum Gasteiger partial charge on any atom is -0.356 e. The van der Waals surface area contributed by atoms with E-state index in [1.165, 1.54) is 12.1 Å². The fourth-order valence-electron chi connectivity index (χ4n) is 3.19. The summed E-state index contributed by atoms with van der Waals surface area (Å²) in [4.78, 5) is 7.17. The molecule has 2 aromatic carbocycles. The molecule has 1 heterocycles. The van der Waals surface area contributed by atoms with Crippen molar-refractivity contribution in [2.24, 2.45) is 0 Å². The summed E-state index contributed by atoms with van der Waals surface area (Å²) in [7, 11) is 0. The van der Waals surface area contributed by atoms with E-state index >= 15 is 0 Å². The predicted molar refractivity (Wildman–Crippen MR) is 106 cm³/mol. The lowest BCUT2D eigenvalue weighted by Crippen LogP contribution is -2.25. The number of halogens is 1. The lowest BCUT2D eigenvalue weighted by Gasteiger charge is -2.18. The van der Waals surface area contributed by atoms with Gasteiger partial charge in [-0.3, -0.25) is 0 Å². The van der Waals surface area contributed by atoms with Crippen LogP contribution >= 0.6 is 0 Å². The van der Waals surface area contributed by atoms with Crippen molar-refractivity contribution in [2.75, 3.05) is 31.5 Å². The molecule has 0 aliphatic rings. The van der Waals surface area contributed by atoms with Crippen molar-refractivity contribution >= 4 is 17.0 Å². The zero-order valence-electron chi connectivity index (χ0n) is 15.6. The molecule has 0 fully saturated rings. The van der Waals surface area contributed by atoms with Gasteiger partial charge >= 0.3 is 0 Å². The van der Waals surface area contributed by atoms with Crippen LogP contribution in [0, 0.1) is 5.82 Å².